The Hall–Kier alpha value is -2.44. The summed E-state index contributed by atoms with van der Waals surface area (Å²) >= 11 is 0. The summed E-state index contributed by atoms with van der Waals surface area (Å²) in [7, 11) is 3.73. The molecular formula is C20H28N6O. The summed E-state index contributed by atoms with van der Waals surface area (Å²) in [6, 6.07) is -0.214. The predicted molar refractivity (Wildman–Crippen MR) is 105 cm³/mol. The molecule has 1 aliphatic carbocycles. The summed E-state index contributed by atoms with van der Waals surface area (Å²) in [5, 5.41) is 4.50. The molecule has 0 unspecified atom stereocenters. The quantitative estimate of drug-likeness (QED) is 0.810. The zero-order valence-electron chi connectivity index (χ0n) is 16.6. The molecule has 4 rings (SSSR count). The summed E-state index contributed by atoms with van der Waals surface area (Å²) in [6.07, 6.45) is 9.79. The third kappa shape index (κ3) is 3.31. The smallest absolute Gasteiger partial charge is 0.249 e. The second-order valence-electron chi connectivity index (χ2n) is 7.95. The Balaban J connectivity index is 1.48. The molecule has 27 heavy (non-hydrogen) atoms. The third-order valence-electron chi connectivity index (χ3n) is 6.02. The highest BCUT2D eigenvalue weighted by Crippen LogP contribution is 2.34. The van der Waals surface area contributed by atoms with Crippen molar-refractivity contribution in [3.8, 4) is 0 Å². The molecule has 1 fully saturated rings. The van der Waals surface area contributed by atoms with Crippen LogP contribution < -0.4 is 9.80 Å². The van der Waals surface area contributed by atoms with Gasteiger partial charge in [-0.2, -0.15) is 5.10 Å². The molecule has 0 saturated heterocycles. The van der Waals surface area contributed by atoms with E-state index in [4.69, 9.17) is 4.98 Å². The molecule has 2 aromatic heterocycles. The SMILES string of the molecule is Cc1nc(CCc2cnn(CC3CCC3)c2)nc2c1N(C)C(=O)[C@H](C)N2C. The molecule has 0 spiro atoms. The minimum Gasteiger partial charge on any atom is -0.346 e. The van der Waals surface area contributed by atoms with Crippen LogP contribution in [0.5, 0.6) is 0 Å². The molecule has 2 aromatic rings. The molecule has 0 bridgehead atoms. The first kappa shape index (κ1) is 17.9. The van der Waals surface area contributed by atoms with Crippen LogP contribution in [0, 0.1) is 12.8 Å². The molecule has 144 valence electrons. The summed E-state index contributed by atoms with van der Waals surface area (Å²) in [5.41, 5.74) is 2.89. The number of aromatic nitrogens is 4. The Bertz CT molecular complexity index is 856. The molecule has 1 saturated carbocycles. The van der Waals surface area contributed by atoms with E-state index in [9.17, 15) is 4.79 Å². The number of nitrogens with zero attached hydrogens (tertiary/aromatic N) is 6. The van der Waals surface area contributed by atoms with E-state index in [-0.39, 0.29) is 11.9 Å². The van der Waals surface area contributed by atoms with E-state index < -0.39 is 0 Å². The van der Waals surface area contributed by atoms with Crippen molar-refractivity contribution in [1.82, 2.24) is 19.7 Å². The van der Waals surface area contributed by atoms with Crippen LogP contribution in [-0.2, 0) is 24.2 Å². The molecule has 7 nitrogen and oxygen atoms in total. The predicted octanol–water partition coefficient (Wildman–Crippen LogP) is 2.37. The maximum Gasteiger partial charge on any atom is 0.249 e. The van der Waals surface area contributed by atoms with Gasteiger partial charge in [-0.05, 0) is 44.6 Å². The van der Waals surface area contributed by atoms with Crippen molar-refractivity contribution in [3.63, 3.8) is 0 Å². The van der Waals surface area contributed by atoms with Gasteiger partial charge in [0.15, 0.2) is 5.82 Å². The van der Waals surface area contributed by atoms with E-state index in [0.29, 0.717) is 0 Å². The van der Waals surface area contributed by atoms with Crippen molar-refractivity contribution in [2.75, 3.05) is 23.9 Å². The summed E-state index contributed by atoms with van der Waals surface area (Å²) in [5.74, 6) is 2.54. The topological polar surface area (TPSA) is 67.2 Å². The van der Waals surface area contributed by atoms with Crippen LogP contribution in [0.15, 0.2) is 12.4 Å². The number of rotatable bonds is 5. The Kier molecular flexibility index (Phi) is 4.61. The van der Waals surface area contributed by atoms with E-state index >= 15 is 0 Å². The van der Waals surface area contributed by atoms with Gasteiger partial charge in [-0.1, -0.05) is 6.42 Å². The molecule has 2 aliphatic rings. The normalized spacial score (nSPS) is 20.0. The van der Waals surface area contributed by atoms with Crippen LogP contribution in [-0.4, -0.2) is 45.8 Å². The number of anilines is 2. The lowest BCUT2D eigenvalue weighted by molar-refractivity contribution is -0.119. The fourth-order valence-electron chi connectivity index (χ4n) is 3.93. The molecule has 1 aliphatic heterocycles. The largest absolute Gasteiger partial charge is 0.346 e. The minimum atomic E-state index is -0.214. The Morgan fingerprint density at radius 3 is 2.67 bits per heavy atom. The summed E-state index contributed by atoms with van der Waals surface area (Å²) < 4.78 is 2.08. The van der Waals surface area contributed by atoms with Crippen LogP contribution in [0.25, 0.3) is 0 Å². The Morgan fingerprint density at radius 1 is 1.19 bits per heavy atom. The third-order valence-corrected chi connectivity index (χ3v) is 6.02. The average Bonchev–Trinajstić information content (AvgIpc) is 3.06. The molecule has 3 heterocycles. The van der Waals surface area contributed by atoms with Crippen molar-refractivity contribution in [2.24, 2.45) is 5.92 Å². The van der Waals surface area contributed by atoms with E-state index in [1.807, 2.05) is 32.0 Å². The maximum absolute atomic E-state index is 12.4. The number of hydrogen-bond donors (Lipinski definition) is 0. The summed E-state index contributed by atoms with van der Waals surface area (Å²) in [4.78, 5) is 25.4. The van der Waals surface area contributed by atoms with Crippen LogP contribution in [0.4, 0.5) is 11.5 Å². The van der Waals surface area contributed by atoms with Gasteiger partial charge >= 0.3 is 0 Å². The Labute approximate surface area is 160 Å². The lowest BCUT2D eigenvalue weighted by Gasteiger charge is -2.37. The first-order valence-corrected chi connectivity index (χ1v) is 9.83. The van der Waals surface area contributed by atoms with Gasteiger partial charge in [-0.25, -0.2) is 9.97 Å². The van der Waals surface area contributed by atoms with Gasteiger partial charge in [0.2, 0.25) is 5.91 Å². The number of aryl methyl sites for hydroxylation is 3. The van der Waals surface area contributed by atoms with Crippen molar-refractivity contribution < 1.29 is 4.79 Å². The second-order valence-corrected chi connectivity index (χ2v) is 7.95. The molecule has 0 aromatic carbocycles. The summed E-state index contributed by atoms with van der Waals surface area (Å²) in [6.45, 7) is 4.90. The molecule has 0 N–H and O–H groups in total. The number of amides is 1. The number of carbonyl (C=O) groups is 1. The zero-order chi connectivity index (χ0) is 19.1. The minimum absolute atomic E-state index is 0.0725. The van der Waals surface area contributed by atoms with Crippen molar-refractivity contribution >= 4 is 17.4 Å². The van der Waals surface area contributed by atoms with E-state index in [1.54, 1.807) is 11.9 Å². The van der Waals surface area contributed by atoms with Gasteiger partial charge < -0.3 is 9.80 Å². The lowest BCUT2D eigenvalue weighted by atomic mass is 9.85. The molecule has 1 atom stereocenters. The van der Waals surface area contributed by atoms with E-state index in [1.165, 1.54) is 24.8 Å². The second kappa shape index (κ2) is 6.94. The van der Waals surface area contributed by atoms with Crippen LogP contribution in [0.3, 0.4) is 0 Å². The first-order chi connectivity index (χ1) is 12.9. The van der Waals surface area contributed by atoms with Crippen LogP contribution in [0.1, 0.15) is 43.3 Å². The van der Waals surface area contributed by atoms with Gasteiger partial charge in [0.05, 0.1) is 11.9 Å². The zero-order valence-corrected chi connectivity index (χ0v) is 16.6. The van der Waals surface area contributed by atoms with Crippen LogP contribution in [0.2, 0.25) is 0 Å². The fourth-order valence-corrected chi connectivity index (χ4v) is 3.93. The van der Waals surface area contributed by atoms with E-state index in [2.05, 4.69) is 21.0 Å². The van der Waals surface area contributed by atoms with Crippen molar-refractivity contribution in [3.05, 3.63) is 29.5 Å². The van der Waals surface area contributed by atoms with E-state index in [0.717, 1.165) is 48.3 Å². The monoisotopic (exact) mass is 368 g/mol. The number of likely N-dealkylation sites (N-methyl/N-ethyl adjacent to an activating group) is 2. The number of carbonyl (C=O) groups excluding carboxylic acids is 1. The van der Waals surface area contributed by atoms with Crippen molar-refractivity contribution in [1.29, 1.82) is 0 Å². The van der Waals surface area contributed by atoms with Gasteiger partial charge in [0, 0.05) is 33.3 Å². The van der Waals surface area contributed by atoms with Gasteiger partial charge in [-0.15, -0.1) is 0 Å². The highest BCUT2D eigenvalue weighted by atomic mass is 16.2. The maximum atomic E-state index is 12.4. The molecular weight excluding hydrogens is 340 g/mol. The fraction of sp³-hybridized carbons (Fsp3) is 0.600. The van der Waals surface area contributed by atoms with Gasteiger partial charge in [0.1, 0.15) is 17.6 Å². The average molecular weight is 368 g/mol. The molecule has 0 radical (unpaired) electrons. The highest BCUT2D eigenvalue weighted by Gasteiger charge is 2.34. The molecule has 7 heteroatoms. The van der Waals surface area contributed by atoms with Gasteiger partial charge in [-0.3, -0.25) is 9.48 Å². The number of hydrogen-bond acceptors (Lipinski definition) is 5. The molecule has 1 amide bonds. The number of fused-ring (bicyclic) bond motifs is 1. The lowest BCUT2D eigenvalue weighted by Crippen LogP contribution is -2.50. The highest BCUT2D eigenvalue weighted by molar-refractivity contribution is 6.04. The Morgan fingerprint density at radius 2 is 1.96 bits per heavy atom. The van der Waals surface area contributed by atoms with Crippen molar-refractivity contribution in [2.45, 2.75) is 58.5 Å². The van der Waals surface area contributed by atoms with Gasteiger partial charge in [0.25, 0.3) is 0 Å². The van der Waals surface area contributed by atoms with Crippen LogP contribution >= 0.6 is 0 Å². The standard InChI is InChI=1S/C20H28N6O/c1-13-18-19(24(3)14(2)20(27)25(18)4)23-17(22-13)9-8-16-10-21-26(12-16)11-15-6-5-7-15/h10,12,14-15H,5-9,11H2,1-4H3/t14-/m0/s1. The first-order valence-electron chi connectivity index (χ1n) is 9.83.